The van der Waals surface area contributed by atoms with Gasteiger partial charge in [-0.15, -0.1) is 0 Å². The van der Waals surface area contributed by atoms with Crippen molar-refractivity contribution in [2.24, 2.45) is 0 Å². The van der Waals surface area contributed by atoms with Crippen molar-refractivity contribution in [3.8, 4) is 0 Å². The van der Waals surface area contributed by atoms with Gasteiger partial charge in [-0.1, -0.05) is 35.9 Å². The number of quaternary nitrogens is 1. The number of halogens is 1. The Morgan fingerprint density at radius 3 is 2.71 bits per heavy atom. The van der Waals surface area contributed by atoms with E-state index in [9.17, 15) is 14.9 Å². The van der Waals surface area contributed by atoms with Crippen molar-refractivity contribution < 1.29 is 15.0 Å². The summed E-state index contributed by atoms with van der Waals surface area (Å²) in [4.78, 5) is 22.5. The van der Waals surface area contributed by atoms with E-state index < -0.39 is 4.92 Å². The molecule has 0 aromatic heterocycles. The van der Waals surface area contributed by atoms with Crippen LogP contribution >= 0.6 is 11.6 Å². The molecule has 0 aliphatic carbocycles. The van der Waals surface area contributed by atoms with Crippen LogP contribution in [0.15, 0.2) is 42.5 Å². The van der Waals surface area contributed by atoms with Crippen LogP contribution in [0.2, 0.25) is 5.02 Å². The molecule has 2 aromatic rings. The van der Waals surface area contributed by atoms with Crippen LogP contribution < -0.4 is 10.6 Å². The third-order valence-electron chi connectivity index (χ3n) is 3.76. The predicted octanol–water partition coefficient (Wildman–Crippen LogP) is 2.82. The van der Waals surface area contributed by atoms with Gasteiger partial charge in [0.2, 0.25) is 0 Å². The van der Waals surface area contributed by atoms with E-state index in [4.69, 9.17) is 11.6 Å². The standard InChI is InChI=1S/C17H18ClN3O3/c1-11-7-8-13(21(23)24)9-16(11)20-17(22)10-19-12(2)14-5-3-4-6-15(14)18/h3-9,12,19H,10H2,1-2H3,(H,20,22)/p+1/t12-/m1/s1. The molecule has 126 valence electrons. The number of non-ortho nitro benzene ring substituents is 1. The van der Waals surface area contributed by atoms with Crippen molar-refractivity contribution >= 4 is 28.9 Å². The number of nitro benzene ring substituents is 1. The maximum absolute atomic E-state index is 12.1. The average Bonchev–Trinajstić information content (AvgIpc) is 2.55. The van der Waals surface area contributed by atoms with Crippen LogP contribution in [0.3, 0.4) is 0 Å². The van der Waals surface area contributed by atoms with E-state index in [0.717, 1.165) is 11.1 Å². The van der Waals surface area contributed by atoms with Crippen LogP contribution in [0.1, 0.15) is 24.1 Å². The summed E-state index contributed by atoms with van der Waals surface area (Å²) in [5.74, 6) is -0.225. The zero-order valence-corrected chi connectivity index (χ0v) is 14.2. The molecule has 0 unspecified atom stereocenters. The number of amides is 1. The largest absolute Gasteiger partial charge is 0.332 e. The number of nitrogens with zero attached hydrogens (tertiary/aromatic N) is 1. The lowest BCUT2D eigenvalue weighted by molar-refractivity contribution is -0.682. The number of nitro groups is 1. The molecular formula is C17H19ClN3O3+. The minimum absolute atomic E-state index is 0.0238. The summed E-state index contributed by atoms with van der Waals surface area (Å²) in [5, 5.41) is 16.1. The van der Waals surface area contributed by atoms with Crippen LogP contribution in [0.5, 0.6) is 0 Å². The van der Waals surface area contributed by atoms with Gasteiger partial charge in [0, 0.05) is 22.7 Å². The molecule has 2 aromatic carbocycles. The minimum atomic E-state index is -0.485. The highest BCUT2D eigenvalue weighted by Crippen LogP contribution is 2.22. The monoisotopic (exact) mass is 348 g/mol. The topological polar surface area (TPSA) is 88.9 Å². The van der Waals surface area contributed by atoms with Crippen LogP contribution in [-0.2, 0) is 4.79 Å². The summed E-state index contributed by atoms with van der Waals surface area (Å²) in [6.45, 7) is 3.94. The first-order valence-corrected chi connectivity index (χ1v) is 7.89. The summed E-state index contributed by atoms with van der Waals surface area (Å²) in [6, 6.07) is 11.9. The maximum atomic E-state index is 12.1. The minimum Gasteiger partial charge on any atom is -0.332 e. The Morgan fingerprint density at radius 2 is 2.04 bits per heavy atom. The van der Waals surface area contributed by atoms with E-state index in [1.165, 1.54) is 12.1 Å². The van der Waals surface area contributed by atoms with Gasteiger partial charge in [0.05, 0.1) is 10.6 Å². The molecule has 1 atom stereocenters. The first-order chi connectivity index (χ1) is 11.4. The van der Waals surface area contributed by atoms with Crippen LogP contribution in [0, 0.1) is 17.0 Å². The molecule has 0 aliphatic heterocycles. The molecule has 6 nitrogen and oxygen atoms in total. The SMILES string of the molecule is Cc1ccc([N+](=O)[O-])cc1NC(=O)C[NH2+][C@H](C)c1ccccc1Cl. The molecule has 2 rings (SSSR count). The molecule has 0 spiro atoms. The fraction of sp³-hybridized carbons (Fsp3) is 0.235. The second kappa shape index (κ2) is 7.90. The Kier molecular flexibility index (Phi) is 5.89. The zero-order chi connectivity index (χ0) is 17.7. The number of carbonyl (C=O) groups excluding carboxylic acids is 1. The van der Waals surface area contributed by atoms with Gasteiger partial charge in [-0.05, 0) is 25.5 Å². The van der Waals surface area contributed by atoms with Gasteiger partial charge in [-0.25, -0.2) is 0 Å². The third-order valence-corrected chi connectivity index (χ3v) is 4.10. The Bertz CT molecular complexity index is 764. The lowest BCUT2D eigenvalue weighted by Crippen LogP contribution is -2.86. The van der Waals surface area contributed by atoms with Crippen molar-refractivity contribution in [1.29, 1.82) is 0 Å². The predicted molar refractivity (Wildman–Crippen MR) is 93.1 cm³/mol. The van der Waals surface area contributed by atoms with Gasteiger partial charge in [0.25, 0.3) is 11.6 Å². The van der Waals surface area contributed by atoms with Gasteiger partial charge in [0.1, 0.15) is 6.04 Å². The summed E-state index contributed by atoms with van der Waals surface area (Å²) in [5.41, 5.74) is 2.13. The Morgan fingerprint density at radius 1 is 1.33 bits per heavy atom. The van der Waals surface area contributed by atoms with Crippen molar-refractivity contribution in [2.75, 3.05) is 11.9 Å². The molecule has 0 bridgehead atoms. The molecule has 0 saturated carbocycles. The second-order valence-electron chi connectivity index (χ2n) is 5.55. The number of benzene rings is 2. The number of carbonyl (C=O) groups is 1. The van der Waals surface area contributed by atoms with Crippen LogP contribution in [0.25, 0.3) is 0 Å². The maximum Gasteiger partial charge on any atom is 0.279 e. The Labute approximate surface area is 145 Å². The normalized spacial score (nSPS) is 11.8. The van der Waals surface area contributed by atoms with E-state index in [-0.39, 0.29) is 24.2 Å². The summed E-state index contributed by atoms with van der Waals surface area (Å²) < 4.78 is 0. The van der Waals surface area contributed by atoms with E-state index in [1.54, 1.807) is 13.0 Å². The number of hydrogen-bond acceptors (Lipinski definition) is 3. The molecule has 0 fully saturated rings. The second-order valence-corrected chi connectivity index (χ2v) is 5.96. The molecule has 24 heavy (non-hydrogen) atoms. The Hall–Kier alpha value is -2.44. The van der Waals surface area contributed by atoms with Crippen molar-refractivity contribution in [3.63, 3.8) is 0 Å². The number of nitrogens with one attached hydrogen (secondary N) is 1. The van der Waals surface area contributed by atoms with Crippen molar-refractivity contribution in [1.82, 2.24) is 0 Å². The van der Waals surface area contributed by atoms with Crippen LogP contribution in [-0.4, -0.2) is 17.4 Å². The van der Waals surface area contributed by atoms with Gasteiger partial charge in [0.15, 0.2) is 6.54 Å². The smallest absolute Gasteiger partial charge is 0.279 e. The first kappa shape index (κ1) is 17.9. The average molecular weight is 349 g/mol. The molecular weight excluding hydrogens is 330 g/mol. The molecule has 3 N–H and O–H groups in total. The Balaban J connectivity index is 1.98. The highest BCUT2D eigenvalue weighted by Gasteiger charge is 2.15. The molecule has 0 radical (unpaired) electrons. The third kappa shape index (κ3) is 4.53. The summed E-state index contributed by atoms with van der Waals surface area (Å²) in [6.07, 6.45) is 0. The summed E-state index contributed by atoms with van der Waals surface area (Å²) in [7, 11) is 0. The molecule has 0 heterocycles. The molecule has 0 saturated heterocycles. The quantitative estimate of drug-likeness (QED) is 0.621. The highest BCUT2D eigenvalue weighted by molar-refractivity contribution is 6.31. The first-order valence-electron chi connectivity index (χ1n) is 7.51. The van der Waals surface area contributed by atoms with Crippen LogP contribution in [0.4, 0.5) is 11.4 Å². The van der Waals surface area contributed by atoms with E-state index in [0.29, 0.717) is 10.7 Å². The number of rotatable bonds is 6. The number of hydrogen-bond donors (Lipinski definition) is 2. The summed E-state index contributed by atoms with van der Waals surface area (Å²) >= 11 is 6.15. The lowest BCUT2D eigenvalue weighted by atomic mass is 10.1. The lowest BCUT2D eigenvalue weighted by Gasteiger charge is -2.13. The van der Waals surface area contributed by atoms with Gasteiger partial charge in [-0.2, -0.15) is 0 Å². The fourth-order valence-electron chi connectivity index (χ4n) is 2.31. The number of aryl methyl sites for hydroxylation is 1. The molecule has 7 heteroatoms. The fourth-order valence-corrected chi connectivity index (χ4v) is 2.62. The number of anilines is 1. The van der Waals surface area contributed by atoms with Crippen molar-refractivity contribution in [2.45, 2.75) is 19.9 Å². The van der Waals surface area contributed by atoms with E-state index in [2.05, 4.69) is 5.32 Å². The van der Waals surface area contributed by atoms with E-state index in [1.807, 2.05) is 36.5 Å². The highest BCUT2D eigenvalue weighted by atomic mass is 35.5. The van der Waals surface area contributed by atoms with Gasteiger partial charge in [-0.3, -0.25) is 14.9 Å². The van der Waals surface area contributed by atoms with E-state index >= 15 is 0 Å². The number of nitrogens with two attached hydrogens (primary N) is 1. The van der Waals surface area contributed by atoms with Gasteiger partial charge >= 0.3 is 0 Å². The molecule has 0 aliphatic rings. The van der Waals surface area contributed by atoms with Crippen molar-refractivity contribution in [3.05, 3.63) is 68.7 Å². The zero-order valence-electron chi connectivity index (χ0n) is 13.5. The molecule has 1 amide bonds. The van der Waals surface area contributed by atoms with Gasteiger partial charge < -0.3 is 10.6 Å².